The second-order valence-corrected chi connectivity index (χ2v) is 5.47. The second-order valence-electron chi connectivity index (χ2n) is 5.47. The van der Waals surface area contributed by atoms with Gasteiger partial charge in [0, 0.05) is 26.3 Å². The third kappa shape index (κ3) is 4.73. The van der Waals surface area contributed by atoms with Crippen LogP contribution in [0.3, 0.4) is 0 Å². The van der Waals surface area contributed by atoms with Crippen molar-refractivity contribution in [1.29, 1.82) is 0 Å². The largest absolute Gasteiger partial charge is 0.369 e. The summed E-state index contributed by atoms with van der Waals surface area (Å²) in [5, 5.41) is 8.51. The SMILES string of the molecule is CCCNc1ncccc1C(=O)NCC(C)(C)C(=O)NC. The van der Waals surface area contributed by atoms with Crippen LogP contribution in [0.4, 0.5) is 5.82 Å². The number of nitrogens with one attached hydrogen (secondary N) is 3. The molecule has 0 saturated heterocycles. The zero-order chi connectivity index (χ0) is 15.9. The molecule has 1 aromatic heterocycles. The van der Waals surface area contributed by atoms with Crippen molar-refractivity contribution in [1.82, 2.24) is 15.6 Å². The maximum Gasteiger partial charge on any atom is 0.255 e. The van der Waals surface area contributed by atoms with Crippen LogP contribution < -0.4 is 16.0 Å². The highest BCUT2D eigenvalue weighted by Crippen LogP contribution is 2.15. The molecule has 6 nitrogen and oxygen atoms in total. The van der Waals surface area contributed by atoms with Gasteiger partial charge in [-0.15, -0.1) is 0 Å². The van der Waals surface area contributed by atoms with E-state index in [1.165, 1.54) is 0 Å². The predicted molar refractivity (Wildman–Crippen MR) is 83.2 cm³/mol. The lowest BCUT2D eigenvalue weighted by Gasteiger charge is -2.23. The first-order valence-electron chi connectivity index (χ1n) is 7.11. The number of anilines is 1. The zero-order valence-electron chi connectivity index (χ0n) is 13.1. The average molecular weight is 292 g/mol. The summed E-state index contributed by atoms with van der Waals surface area (Å²) in [5.74, 6) is 0.214. The Balaban J connectivity index is 2.74. The summed E-state index contributed by atoms with van der Waals surface area (Å²) >= 11 is 0. The Morgan fingerprint density at radius 2 is 2.05 bits per heavy atom. The van der Waals surface area contributed by atoms with Crippen LogP contribution in [0.15, 0.2) is 18.3 Å². The van der Waals surface area contributed by atoms with Crippen LogP contribution in [0.25, 0.3) is 0 Å². The zero-order valence-corrected chi connectivity index (χ0v) is 13.1. The van der Waals surface area contributed by atoms with E-state index in [9.17, 15) is 9.59 Å². The van der Waals surface area contributed by atoms with E-state index in [-0.39, 0.29) is 18.4 Å². The van der Waals surface area contributed by atoms with Crippen LogP contribution in [-0.4, -0.2) is 36.9 Å². The summed E-state index contributed by atoms with van der Waals surface area (Å²) < 4.78 is 0. The number of carbonyl (C=O) groups is 2. The third-order valence-electron chi connectivity index (χ3n) is 3.13. The van der Waals surface area contributed by atoms with Gasteiger partial charge >= 0.3 is 0 Å². The first kappa shape index (κ1) is 16.9. The maximum absolute atomic E-state index is 12.3. The lowest BCUT2D eigenvalue weighted by atomic mass is 9.92. The molecule has 21 heavy (non-hydrogen) atoms. The van der Waals surface area contributed by atoms with Crippen LogP contribution >= 0.6 is 0 Å². The number of nitrogens with zero attached hydrogens (tertiary/aromatic N) is 1. The topological polar surface area (TPSA) is 83.1 Å². The molecule has 3 N–H and O–H groups in total. The molecule has 0 radical (unpaired) electrons. The van der Waals surface area contributed by atoms with Crippen molar-refractivity contribution in [3.05, 3.63) is 23.9 Å². The van der Waals surface area contributed by atoms with E-state index < -0.39 is 5.41 Å². The summed E-state index contributed by atoms with van der Waals surface area (Å²) in [5.41, 5.74) is -0.178. The molecule has 0 saturated carbocycles. The van der Waals surface area contributed by atoms with Crippen molar-refractivity contribution in [2.75, 3.05) is 25.5 Å². The number of carbonyl (C=O) groups excluding carboxylic acids is 2. The normalized spacial score (nSPS) is 10.9. The van der Waals surface area contributed by atoms with Gasteiger partial charge in [-0.25, -0.2) is 4.98 Å². The molecule has 0 aliphatic heterocycles. The predicted octanol–water partition coefficient (Wildman–Crippen LogP) is 1.41. The Hall–Kier alpha value is -2.11. The molecule has 0 aliphatic carbocycles. The van der Waals surface area contributed by atoms with Gasteiger partial charge in [0.25, 0.3) is 5.91 Å². The van der Waals surface area contributed by atoms with Gasteiger partial charge in [0.1, 0.15) is 5.82 Å². The Labute approximate surface area is 125 Å². The number of aromatic nitrogens is 1. The molecule has 0 unspecified atom stereocenters. The Morgan fingerprint density at radius 1 is 1.33 bits per heavy atom. The second kappa shape index (κ2) is 7.61. The molecule has 0 aromatic carbocycles. The van der Waals surface area contributed by atoms with Crippen LogP contribution in [0, 0.1) is 5.41 Å². The Kier molecular flexibility index (Phi) is 6.14. The smallest absolute Gasteiger partial charge is 0.255 e. The van der Waals surface area contributed by atoms with Crippen molar-refractivity contribution >= 4 is 17.6 Å². The van der Waals surface area contributed by atoms with Crippen molar-refractivity contribution < 1.29 is 9.59 Å². The van der Waals surface area contributed by atoms with Gasteiger partial charge in [-0.2, -0.15) is 0 Å². The molecule has 1 heterocycles. The minimum atomic E-state index is -0.663. The van der Waals surface area contributed by atoms with E-state index in [4.69, 9.17) is 0 Å². The van der Waals surface area contributed by atoms with Crippen LogP contribution in [0.5, 0.6) is 0 Å². The van der Waals surface area contributed by atoms with Gasteiger partial charge in [-0.3, -0.25) is 9.59 Å². The first-order chi connectivity index (χ1) is 9.92. The average Bonchev–Trinajstić information content (AvgIpc) is 2.50. The highest BCUT2D eigenvalue weighted by Gasteiger charge is 2.27. The maximum atomic E-state index is 12.3. The van der Waals surface area contributed by atoms with Gasteiger partial charge < -0.3 is 16.0 Å². The number of pyridine rings is 1. The minimum absolute atomic E-state index is 0.113. The van der Waals surface area contributed by atoms with Crippen molar-refractivity contribution in [3.63, 3.8) is 0 Å². The molecule has 0 fully saturated rings. The van der Waals surface area contributed by atoms with Gasteiger partial charge in [0.15, 0.2) is 0 Å². The van der Waals surface area contributed by atoms with Gasteiger partial charge in [-0.05, 0) is 32.4 Å². The van der Waals surface area contributed by atoms with Gasteiger partial charge in [0.2, 0.25) is 5.91 Å². The molecule has 116 valence electrons. The van der Waals surface area contributed by atoms with E-state index >= 15 is 0 Å². The molecular formula is C15H24N4O2. The molecule has 6 heteroatoms. The molecule has 0 aliphatic rings. The molecule has 0 atom stereocenters. The lowest BCUT2D eigenvalue weighted by molar-refractivity contribution is -0.128. The first-order valence-corrected chi connectivity index (χ1v) is 7.11. The Bertz CT molecular complexity index is 500. The van der Waals surface area contributed by atoms with Crippen molar-refractivity contribution in [2.45, 2.75) is 27.2 Å². The van der Waals surface area contributed by atoms with E-state index in [1.54, 1.807) is 39.2 Å². The fraction of sp³-hybridized carbons (Fsp3) is 0.533. The Morgan fingerprint density at radius 3 is 2.67 bits per heavy atom. The fourth-order valence-corrected chi connectivity index (χ4v) is 1.79. The highest BCUT2D eigenvalue weighted by atomic mass is 16.2. The number of rotatable bonds is 7. The van der Waals surface area contributed by atoms with Crippen LogP contribution in [-0.2, 0) is 4.79 Å². The lowest BCUT2D eigenvalue weighted by Crippen LogP contribution is -2.43. The standard InChI is InChI=1S/C15H24N4O2/c1-5-8-17-12-11(7-6-9-18-12)13(20)19-10-15(2,3)14(21)16-4/h6-7,9H,5,8,10H2,1-4H3,(H,16,21)(H,17,18)(H,19,20). The van der Waals surface area contributed by atoms with E-state index in [2.05, 4.69) is 20.9 Å². The van der Waals surface area contributed by atoms with Crippen molar-refractivity contribution in [2.24, 2.45) is 5.41 Å². The highest BCUT2D eigenvalue weighted by molar-refractivity contribution is 5.99. The van der Waals surface area contributed by atoms with E-state index in [0.29, 0.717) is 11.4 Å². The number of amides is 2. The van der Waals surface area contributed by atoms with E-state index in [1.807, 2.05) is 6.92 Å². The van der Waals surface area contributed by atoms with Gasteiger partial charge in [-0.1, -0.05) is 6.92 Å². The molecule has 0 bridgehead atoms. The molecule has 1 aromatic rings. The summed E-state index contributed by atoms with van der Waals surface area (Å²) in [4.78, 5) is 28.1. The molecule has 1 rings (SSSR count). The van der Waals surface area contributed by atoms with Crippen LogP contribution in [0.2, 0.25) is 0 Å². The minimum Gasteiger partial charge on any atom is -0.369 e. The summed E-state index contributed by atoms with van der Waals surface area (Å²) in [7, 11) is 1.58. The van der Waals surface area contributed by atoms with Crippen LogP contribution in [0.1, 0.15) is 37.6 Å². The third-order valence-corrected chi connectivity index (χ3v) is 3.13. The molecule has 0 spiro atoms. The van der Waals surface area contributed by atoms with Crippen molar-refractivity contribution in [3.8, 4) is 0 Å². The number of hydrogen-bond donors (Lipinski definition) is 3. The quantitative estimate of drug-likeness (QED) is 0.709. The monoisotopic (exact) mass is 292 g/mol. The summed E-state index contributed by atoms with van der Waals surface area (Å²) in [6.45, 7) is 6.62. The van der Waals surface area contributed by atoms with Gasteiger partial charge in [0.05, 0.1) is 11.0 Å². The summed E-state index contributed by atoms with van der Waals surface area (Å²) in [6, 6.07) is 3.43. The molecule has 2 amide bonds. The fourth-order valence-electron chi connectivity index (χ4n) is 1.79. The summed E-state index contributed by atoms with van der Waals surface area (Å²) in [6.07, 6.45) is 2.59. The molecular weight excluding hydrogens is 268 g/mol. The van der Waals surface area contributed by atoms with E-state index in [0.717, 1.165) is 13.0 Å². The number of hydrogen-bond acceptors (Lipinski definition) is 4.